The fourth-order valence-electron chi connectivity index (χ4n) is 2.01. The summed E-state index contributed by atoms with van der Waals surface area (Å²) in [7, 11) is -2.55. The van der Waals surface area contributed by atoms with E-state index < -0.39 is 26.6 Å². The van der Waals surface area contributed by atoms with Gasteiger partial charge in [-0.15, -0.1) is 0 Å². The minimum Gasteiger partial charge on any atom is -0.207 e. The lowest BCUT2D eigenvalue weighted by atomic mass is 10.2. The molecular formula is C12H14BrF2NO2S. The number of hydrogen-bond acceptors (Lipinski definition) is 2. The van der Waals surface area contributed by atoms with E-state index in [1.54, 1.807) is 6.92 Å². The molecule has 0 saturated heterocycles. The van der Waals surface area contributed by atoms with Crippen molar-refractivity contribution >= 4 is 26.0 Å². The summed E-state index contributed by atoms with van der Waals surface area (Å²) >= 11 is 2.92. The lowest BCUT2D eigenvalue weighted by molar-refractivity contribution is 0.354. The number of sulfonamides is 1. The Hall–Kier alpha value is -0.530. The lowest BCUT2D eigenvalue weighted by Gasteiger charge is -2.24. The highest BCUT2D eigenvalue weighted by Crippen LogP contribution is 2.37. The third-order valence-electron chi connectivity index (χ3n) is 3.48. The van der Waals surface area contributed by atoms with Crippen molar-refractivity contribution in [1.29, 1.82) is 0 Å². The summed E-state index contributed by atoms with van der Waals surface area (Å²) in [4.78, 5) is -0.510. The molecule has 1 aliphatic carbocycles. The molecule has 0 radical (unpaired) electrons. The summed E-state index contributed by atoms with van der Waals surface area (Å²) in [6.45, 7) is 1.80. The van der Waals surface area contributed by atoms with E-state index in [1.807, 2.05) is 0 Å². The first-order chi connectivity index (χ1) is 8.75. The molecule has 19 heavy (non-hydrogen) atoms. The van der Waals surface area contributed by atoms with Crippen molar-refractivity contribution in [2.75, 3.05) is 7.05 Å². The highest BCUT2D eigenvalue weighted by molar-refractivity contribution is 9.10. The second-order valence-electron chi connectivity index (χ2n) is 4.80. The Morgan fingerprint density at radius 3 is 2.42 bits per heavy atom. The molecule has 0 heterocycles. The van der Waals surface area contributed by atoms with Crippen LogP contribution in [-0.2, 0) is 10.0 Å². The second kappa shape index (κ2) is 5.10. The third-order valence-corrected chi connectivity index (χ3v) is 6.39. The van der Waals surface area contributed by atoms with Crippen LogP contribution in [0.3, 0.4) is 0 Å². The molecule has 0 N–H and O–H groups in total. The molecule has 1 saturated carbocycles. The topological polar surface area (TPSA) is 37.4 Å². The van der Waals surface area contributed by atoms with Gasteiger partial charge in [-0.25, -0.2) is 17.2 Å². The summed E-state index contributed by atoms with van der Waals surface area (Å²) in [5.74, 6) is -1.58. The standard InChI is InChI=1S/C12H14BrF2NO2S/c1-7(8-3-4-8)16(2)19(17,18)12-10(13)5-9(14)6-11(12)15/h5-8H,3-4H2,1-2H3. The molecule has 1 unspecified atom stereocenters. The third kappa shape index (κ3) is 2.83. The van der Waals surface area contributed by atoms with E-state index in [-0.39, 0.29) is 10.5 Å². The van der Waals surface area contributed by atoms with Crippen molar-refractivity contribution in [3.8, 4) is 0 Å². The maximum absolute atomic E-state index is 13.8. The van der Waals surface area contributed by atoms with Gasteiger partial charge in [-0.1, -0.05) is 0 Å². The molecule has 1 aromatic rings. The van der Waals surface area contributed by atoms with Crippen molar-refractivity contribution in [3.63, 3.8) is 0 Å². The largest absolute Gasteiger partial charge is 0.247 e. The first-order valence-corrected chi connectivity index (χ1v) is 8.11. The molecule has 3 nitrogen and oxygen atoms in total. The normalized spacial score (nSPS) is 17.8. The van der Waals surface area contributed by atoms with E-state index in [0.717, 1.165) is 23.2 Å². The Morgan fingerprint density at radius 2 is 1.95 bits per heavy atom. The second-order valence-corrected chi connectivity index (χ2v) is 7.59. The van der Waals surface area contributed by atoms with Crippen molar-refractivity contribution in [1.82, 2.24) is 4.31 Å². The zero-order valence-corrected chi connectivity index (χ0v) is 12.9. The van der Waals surface area contributed by atoms with Gasteiger partial charge in [-0.05, 0) is 47.7 Å². The Labute approximate surface area is 119 Å². The molecule has 1 atom stereocenters. The predicted molar refractivity (Wildman–Crippen MR) is 71.2 cm³/mol. The average molecular weight is 354 g/mol. The van der Waals surface area contributed by atoms with E-state index >= 15 is 0 Å². The summed E-state index contributed by atoms with van der Waals surface area (Å²) in [5, 5.41) is 0. The molecule has 0 amide bonds. The maximum Gasteiger partial charge on any atom is 0.247 e. The van der Waals surface area contributed by atoms with Crippen LogP contribution >= 0.6 is 15.9 Å². The molecule has 7 heteroatoms. The van der Waals surface area contributed by atoms with Gasteiger partial charge in [0.1, 0.15) is 16.5 Å². The van der Waals surface area contributed by atoms with Crippen LogP contribution in [0, 0.1) is 17.6 Å². The Bertz CT molecular complexity index is 579. The molecule has 0 aromatic heterocycles. The van der Waals surface area contributed by atoms with Crippen LogP contribution in [0.25, 0.3) is 0 Å². The van der Waals surface area contributed by atoms with Gasteiger partial charge in [0.2, 0.25) is 10.0 Å². The van der Waals surface area contributed by atoms with E-state index in [1.165, 1.54) is 7.05 Å². The minimum atomic E-state index is -3.98. The van der Waals surface area contributed by atoms with Crippen LogP contribution in [0.5, 0.6) is 0 Å². The van der Waals surface area contributed by atoms with E-state index in [9.17, 15) is 17.2 Å². The van der Waals surface area contributed by atoms with Gasteiger partial charge in [0.25, 0.3) is 0 Å². The first kappa shape index (κ1) is 14.9. The van der Waals surface area contributed by atoms with Gasteiger partial charge in [-0.3, -0.25) is 0 Å². The lowest BCUT2D eigenvalue weighted by Crippen LogP contribution is -2.37. The Morgan fingerprint density at radius 1 is 1.37 bits per heavy atom. The number of benzene rings is 1. The highest BCUT2D eigenvalue weighted by atomic mass is 79.9. The number of rotatable bonds is 4. The van der Waals surface area contributed by atoms with Crippen LogP contribution in [0.4, 0.5) is 8.78 Å². The zero-order valence-electron chi connectivity index (χ0n) is 10.5. The van der Waals surface area contributed by atoms with E-state index in [2.05, 4.69) is 15.9 Å². The van der Waals surface area contributed by atoms with Gasteiger partial charge in [-0.2, -0.15) is 4.31 Å². The molecule has 0 bridgehead atoms. The Balaban J connectivity index is 2.44. The first-order valence-electron chi connectivity index (χ1n) is 5.87. The SMILES string of the molecule is CC(C1CC1)N(C)S(=O)(=O)c1c(F)cc(F)cc1Br. The predicted octanol–water partition coefficient (Wildman–Crippen LogP) is 3.15. The van der Waals surface area contributed by atoms with Gasteiger partial charge >= 0.3 is 0 Å². The fraction of sp³-hybridized carbons (Fsp3) is 0.500. The summed E-state index contributed by atoms with van der Waals surface area (Å²) in [5.41, 5.74) is 0. The molecule has 1 aliphatic rings. The van der Waals surface area contributed by atoms with Crippen LogP contribution < -0.4 is 0 Å². The van der Waals surface area contributed by atoms with Crippen LogP contribution in [-0.4, -0.2) is 25.8 Å². The molecule has 106 valence electrons. The Kier molecular flexibility index (Phi) is 3.99. The maximum atomic E-state index is 13.8. The van der Waals surface area contributed by atoms with Crippen molar-refractivity contribution in [3.05, 3.63) is 28.2 Å². The van der Waals surface area contributed by atoms with Gasteiger partial charge < -0.3 is 0 Å². The van der Waals surface area contributed by atoms with Gasteiger partial charge in [0.05, 0.1) is 0 Å². The fourth-order valence-corrected chi connectivity index (χ4v) is 4.54. The zero-order chi connectivity index (χ0) is 14.4. The van der Waals surface area contributed by atoms with Crippen LogP contribution in [0.15, 0.2) is 21.5 Å². The van der Waals surface area contributed by atoms with Gasteiger partial charge in [0, 0.05) is 23.6 Å². The summed E-state index contributed by atoms with van der Waals surface area (Å²) < 4.78 is 52.6. The molecule has 1 fully saturated rings. The average Bonchev–Trinajstić information content (AvgIpc) is 3.08. The van der Waals surface area contributed by atoms with Crippen molar-refractivity contribution in [2.45, 2.75) is 30.7 Å². The smallest absolute Gasteiger partial charge is 0.207 e. The van der Waals surface area contributed by atoms with Gasteiger partial charge in [0.15, 0.2) is 0 Å². The number of halogens is 3. The van der Waals surface area contributed by atoms with E-state index in [0.29, 0.717) is 12.0 Å². The molecule has 0 spiro atoms. The summed E-state index contributed by atoms with van der Waals surface area (Å²) in [6.07, 6.45) is 1.96. The number of nitrogens with zero attached hydrogens (tertiary/aromatic N) is 1. The van der Waals surface area contributed by atoms with Crippen molar-refractivity contribution < 1.29 is 17.2 Å². The molecule has 1 aromatic carbocycles. The molecule has 2 rings (SSSR count). The number of hydrogen-bond donors (Lipinski definition) is 0. The highest BCUT2D eigenvalue weighted by Gasteiger charge is 2.37. The van der Waals surface area contributed by atoms with Crippen molar-refractivity contribution in [2.24, 2.45) is 5.92 Å². The molecule has 0 aliphatic heterocycles. The monoisotopic (exact) mass is 353 g/mol. The minimum absolute atomic E-state index is 0.0974. The quantitative estimate of drug-likeness (QED) is 0.833. The van der Waals surface area contributed by atoms with E-state index in [4.69, 9.17) is 0 Å². The van der Waals surface area contributed by atoms with Crippen LogP contribution in [0.1, 0.15) is 19.8 Å². The van der Waals surface area contributed by atoms with Crippen LogP contribution in [0.2, 0.25) is 0 Å². The summed E-state index contributed by atoms with van der Waals surface area (Å²) in [6, 6.07) is 1.33. The molecular weight excluding hydrogens is 340 g/mol.